The van der Waals surface area contributed by atoms with Crippen molar-refractivity contribution in [1.82, 2.24) is 4.90 Å². The molecule has 1 atom stereocenters. The first kappa shape index (κ1) is 14.7. The van der Waals surface area contributed by atoms with Gasteiger partial charge in [-0.3, -0.25) is 0 Å². The summed E-state index contributed by atoms with van der Waals surface area (Å²) in [5.74, 6) is -0.365. The summed E-state index contributed by atoms with van der Waals surface area (Å²) in [5.41, 5.74) is 0.647. The molecule has 1 aromatic carbocycles. The zero-order valence-electron chi connectivity index (χ0n) is 11.3. The SMILES string of the molecule is COC(=O)C1CCCCN1C(=O)Nc1ccc(Cl)cc1. The number of hydrogen-bond donors (Lipinski definition) is 1. The molecule has 1 unspecified atom stereocenters. The van der Waals surface area contributed by atoms with E-state index in [-0.39, 0.29) is 12.0 Å². The molecule has 0 spiro atoms. The topological polar surface area (TPSA) is 58.6 Å². The van der Waals surface area contributed by atoms with Gasteiger partial charge >= 0.3 is 12.0 Å². The van der Waals surface area contributed by atoms with Gasteiger partial charge in [-0.2, -0.15) is 0 Å². The molecule has 1 fully saturated rings. The highest BCUT2D eigenvalue weighted by Crippen LogP contribution is 2.20. The monoisotopic (exact) mass is 296 g/mol. The number of urea groups is 1. The summed E-state index contributed by atoms with van der Waals surface area (Å²) in [6, 6.07) is 6.05. The Morgan fingerprint density at radius 2 is 2.00 bits per heavy atom. The number of halogens is 1. The molecule has 0 aromatic heterocycles. The second kappa shape index (κ2) is 6.61. The fourth-order valence-electron chi connectivity index (χ4n) is 2.28. The fourth-order valence-corrected chi connectivity index (χ4v) is 2.41. The smallest absolute Gasteiger partial charge is 0.328 e. The van der Waals surface area contributed by atoms with Crippen LogP contribution in [0.25, 0.3) is 0 Å². The van der Waals surface area contributed by atoms with Crippen molar-refractivity contribution in [3.8, 4) is 0 Å². The van der Waals surface area contributed by atoms with Crippen molar-refractivity contribution in [2.24, 2.45) is 0 Å². The minimum absolute atomic E-state index is 0.289. The quantitative estimate of drug-likeness (QED) is 0.854. The third kappa shape index (κ3) is 3.42. The zero-order chi connectivity index (χ0) is 14.5. The first-order valence-corrected chi connectivity index (χ1v) is 6.90. The van der Waals surface area contributed by atoms with Crippen molar-refractivity contribution in [2.45, 2.75) is 25.3 Å². The summed E-state index contributed by atoms with van der Waals surface area (Å²) in [6.07, 6.45) is 2.45. The lowest BCUT2D eigenvalue weighted by molar-refractivity contribution is -0.146. The van der Waals surface area contributed by atoms with Gasteiger partial charge in [0.1, 0.15) is 6.04 Å². The Bertz CT molecular complexity index is 490. The summed E-state index contributed by atoms with van der Waals surface area (Å²) >= 11 is 5.80. The average molecular weight is 297 g/mol. The van der Waals surface area contributed by atoms with Crippen LogP contribution in [-0.2, 0) is 9.53 Å². The summed E-state index contributed by atoms with van der Waals surface area (Å²) in [7, 11) is 1.34. The van der Waals surface area contributed by atoms with E-state index in [9.17, 15) is 9.59 Å². The van der Waals surface area contributed by atoms with Gasteiger partial charge in [0.15, 0.2) is 0 Å². The van der Waals surface area contributed by atoms with E-state index in [0.29, 0.717) is 23.7 Å². The third-order valence-electron chi connectivity index (χ3n) is 3.33. The molecule has 5 nitrogen and oxygen atoms in total. The number of likely N-dealkylation sites (tertiary alicyclic amines) is 1. The number of benzene rings is 1. The number of amides is 2. The lowest BCUT2D eigenvalue weighted by Crippen LogP contribution is -2.50. The highest BCUT2D eigenvalue weighted by Gasteiger charge is 2.32. The van der Waals surface area contributed by atoms with Gasteiger partial charge in [-0.05, 0) is 43.5 Å². The maximum Gasteiger partial charge on any atom is 0.328 e. The predicted octanol–water partition coefficient (Wildman–Crippen LogP) is 2.90. The number of nitrogens with zero attached hydrogens (tertiary/aromatic N) is 1. The lowest BCUT2D eigenvalue weighted by Gasteiger charge is -2.33. The van der Waals surface area contributed by atoms with Gasteiger partial charge in [0.2, 0.25) is 0 Å². The predicted molar refractivity (Wildman–Crippen MR) is 76.8 cm³/mol. The number of piperidine rings is 1. The Hall–Kier alpha value is -1.75. The standard InChI is InChI=1S/C14H17ClN2O3/c1-20-13(18)12-4-2-3-9-17(12)14(19)16-11-7-5-10(15)6-8-11/h5-8,12H,2-4,9H2,1H3,(H,16,19). The Morgan fingerprint density at radius 3 is 2.65 bits per heavy atom. The van der Waals surface area contributed by atoms with E-state index in [1.807, 2.05) is 0 Å². The van der Waals surface area contributed by atoms with E-state index in [0.717, 1.165) is 12.8 Å². The van der Waals surface area contributed by atoms with Crippen molar-refractivity contribution in [2.75, 3.05) is 19.0 Å². The fraction of sp³-hybridized carbons (Fsp3) is 0.429. The highest BCUT2D eigenvalue weighted by atomic mass is 35.5. The van der Waals surface area contributed by atoms with Crippen molar-refractivity contribution < 1.29 is 14.3 Å². The number of methoxy groups -OCH3 is 1. The van der Waals surface area contributed by atoms with Crippen LogP contribution in [0.2, 0.25) is 5.02 Å². The highest BCUT2D eigenvalue weighted by molar-refractivity contribution is 6.30. The van der Waals surface area contributed by atoms with Gasteiger partial charge in [0.25, 0.3) is 0 Å². The number of carbonyl (C=O) groups excluding carboxylic acids is 2. The number of carbonyl (C=O) groups is 2. The van der Waals surface area contributed by atoms with Crippen molar-refractivity contribution in [3.63, 3.8) is 0 Å². The molecule has 1 heterocycles. The Morgan fingerprint density at radius 1 is 1.30 bits per heavy atom. The molecule has 1 aromatic rings. The number of esters is 1. The first-order valence-electron chi connectivity index (χ1n) is 6.53. The van der Waals surface area contributed by atoms with Crippen LogP contribution in [0.5, 0.6) is 0 Å². The second-order valence-corrected chi connectivity index (χ2v) is 5.10. The molecule has 6 heteroatoms. The minimum atomic E-state index is -0.499. The largest absolute Gasteiger partial charge is 0.467 e. The molecule has 1 saturated heterocycles. The second-order valence-electron chi connectivity index (χ2n) is 4.67. The van der Waals surface area contributed by atoms with E-state index in [4.69, 9.17) is 16.3 Å². The van der Waals surface area contributed by atoms with Gasteiger partial charge < -0.3 is 15.0 Å². The van der Waals surface area contributed by atoms with Crippen LogP contribution in [0.4, 0.5) is 10.5 Å². The van der Waals surface area contributed by atoms with E-state index in [1.165, 1.54) is 12.0 Å². The van der Waals surface area contributed by atoms with Crippen LogP contribution in [0.1, 0.15) is 19.3 Å². The molecule has 1 aliphatic rings. The molecule has 20 heavy (non-hydrogen) atoms. The number of anilines is 1. The molecular weight excluding hydrogens is 280 g/mol. The first-order chi connectivity index (χ1) is 9.61. The van der Waals surface area contributed by atoms with E-state index in [1.54, 1.807) is 24.3 Å². The number of hydrogen-bond acceptors (Lipinski definition) is 3. The van der Waals surface area contributed by atoms with E-state index < -0.39 is 6.04 Å². The van der Waals surface area contributed by atoms with Crippen LogP contribution in [0.3, 0.4) is 0 Å². The Kier molecular flexibility index (Phi) is 4.84. The molecule has 2 rings (SSSR count). The van der Waals surface area contributed by atoms with Gasteiger partial charge in [-0.15, -0.1) is 0 Å². The zero-order valence-corrected chi connectivity index (χ0v) is 12.0. The number of nitrogens with one attached hydrogen (secondary N) is 1. The molecular formula is C14H17ClN2O3. The minimum Gasteiger partial charge on any atom is -0.467 e. The summed E-state index contributed by atoms with van der Waals surface area (Å²) in [4.78, 5) is 25.5. The van der Waals surface area contributed by atoms with Gasteiger partial charge in [0.05, 0.1) is 7.11 Å². The molecule has 0 bridgehead atoms. The molecule has 1 aliphatic heterocycles. The van der Waals surface area contributed by atoms with Crippen LogP contribution in [0, 0.1) is 0 Å². The van der Waals surface area contributed by atoms with Crippen LogP contribution in [0.15, 0.2) is 24.3 Å². The molecule has 0 aliphatic carbocycles. The summed E-state index contributed by atoms with van der Waals surface area (Å²) in [5, 5.41) is 3.37. The summed E-state index contributed by atoms with van der Waals surface area (Å²) in [6.45, 7) is 0.555. The maximum absolute atomic E-state index is 12.3. The Labute approximate surface area is 122 Å². The number of rotatable bonds is 2. The normalized spacial score (nSPS) is 18.5. The van der Waals surface area contributed by atoms with Crippen LogP contribution >= 0.6 is 11.6 Å². The van der Waals surface area contributed by atoms with Crippen LogP contribution < -0.4 is 5.32 Å². The summed E-state index contributed by atoms with van der Waals surface area (Å²) < 4.78 is 4.76. The molecule has 1 N–H and O–H groups in total. The third-order valence-corrected chi connectivity index (χ3v) is 3.58. The maximum atomic E-state index is 12.3. The van der Waals surface area contributed by atoms with Crippen molar-refractivity contribution >= 4 is 29.3 Å². The van der Waals surface area contributed by atoms with Crippen molar-refractivity contribution in [3.05, 3.63) is 29.3 Å². The van der Waals surface area contributed by atoms with Gasteiger partial charge in [-0.1, -0.05) is 11.6 Å². The van der Waals surface area contributed by atoms with E-state index >= 15 is 0 Å². The lowest BCUT2D eigenvalue weighted by atomic mass is 10.0. The average Bonchev–Trinajstić information content (AvgIpc) is 2.48. The number of ether oxygens (including phenoxy) is 1. The van der Waals surface area contributed by atoms with Crippen molar-refractivity contribution in [1.29, 1.82) is 0 Å². The Balaban J connectivity index is 2.05. The van der Waals surface area contributed by atoms with Gasteiger partial charge in [0, 0.05) is 17.3 Å². The van der Waals surface area contributed by atoms with E-state index in [2.05, 4.69) is 5.32 Å². The van der Waals surface area contributed by atoms with Crippen LogP contribution in [-0.4, -0.2) is 36.6 Å². The molecule has 0 radical (unpaired) electrons. The molecule has 0 saturated carbocycles. The van der Waals surface area contributed by atoms with Gasteiger partial charge in [-0.25, -0.2) is 9.59 Å². The molecule has 108 valence electrons. The molecule has 2 amide bonds.